The molecule has 0 bridgehead atoms. The van der Waals surface area contributed by atoms with E-state index in [0.29, 0.717) is 11.4 Å². The summed E-state index contributed by atoms with van der Waals surface area (Å²) in [7, 11) is 0. The van der Waals surface area contributed by atoms with Gasteiger partial charge in [0.1, 0.15) is 5.82 Å². The molecule has 0 atom stereocenters. The Hall–Kier alpha value is -2.46. The van der Waals surface area contributed by atoms with Gasteiger partial charge in [0.25, 0.3) is 5.91 Å². The van der Waals surface area contributed by atoms with Crippen LogP contribution in [-0.2, 0) is 6.54 Å². The molecule has 0 aliphatic rings. The van der Waals surface area contributed by atoms with Crippen LogP contribution in [0.3, 0.4) is 0 Å². The van der Waals surface area contributed by atoms with Gasteiger partial charge in [0, 0.05) is 11.4 Å². The standard InChI is InChI=1S/C18H14FNOS/c19-15-8-6-14(7-9-15)16-10-11-17(22-16)18(21)20-12-13-4-2-1-3-5-13/h1-11H,12H2,(H,20,21). The van der Waals surface area contributed by atoms with Crippen LogP contribution in [0.4, 0.5) is 4.39 Å². The molecule has 0 aliphatic heterocycles. The number of carbonyl (C=O) groups excluding carboxylic acids is 1. The molecule has 110 valence electrons. The van der Waals surface area contributed by atoms with Crippen molar-refractivity contribution in [3.63, 3.8) is 0 Å². The normalized spacial score (nSPS) is 10.4. The molecule has 0 radical (unpaired) electrons. The largest absolute Gasteiger partial charge is 0.347 e. The van der Waals surface area contributed by atoms with E-state index in [-0.39, 0.29) is 11.7 Å². The maximum absolute atomic E-state index is 12.9. The van der Waals surface area contributed by atoms with Gasteiger partial charge in [-0.3, -0.25) is 4.79 Å². The van der Waals surface area contributed by atoms with Crippen molar-refractivity contribution in [1.82, 2.24) is 5.32 Å². The molecule has 2 aromatic carbocycles. The fourth-order valence-corrected chi connectivity index (χ4v) is 3.02. The summed E-state index contributed by atoms with van der Waals surface area (Å²) in [6, 6.07) is 19.7. The van der Waals surface area contributed by atoms with Gasteiger partial charge in [-0.25, -0.2) is 4.39 Å². The lowest BCUT2D eigenvalue weighted by atomic mass is 10.2. The van der Waals surface area contributed by atoms with E-state index in [1.54, 1.807) is 18.2 Å². The number of amides is 1. The lowest BCUT2D eigenvalue weighted by molar-refractivity contribution is 0.0955. The maximum Gasteiger partial charge on any atom is 0.261 e. The predicted molar refractivity (Wildman–Crippen MR) is 87.3 cm³/mol. The second kappa shape index (κ2) is 6.54. The predicted octanol–water partition coefficient (Wildman–Crippen LogP) is 4.48. The Kier molecular flexibility index (Phi) is 4.30. The molecule has 1 N–H and O–H groups in total. The molecule has 3 rings (SSSR count). The van der Waals surface area contributed by atoms with Crippen LogP contribution in [0.5, 0.6) is 0 Å². The minimum Gasteiger partial charge on any atom is -0.347 e. The zero-order valence-electron chi connectivity index (χ0n) is 11.8. The van der Waals surface area contributed by atoms with Crippen LogP contribution in [-0.4, -0.2) is 5.91 Å². The van der Waals surface area contributed by atoms with Gasteiger partial charge in [-0.05, 0) is 35.4 Å². The van der Waals surface area contributed by atoms with Crippen molar-refractivity contribution in [3.8, 4) is 10.4 Å². The first-order chi connectivity index (χ1) is 10.7. The van der Waals surface area contributed by atoms with E-state index in [1.807, 2.05) is 36.4 Å². The molecule has 22 heavy (non-hydrogen) atoms. The number of thiophene rings is 1. The number of benzene rings is 2. The van der Waals surface area contributed by atoms with Gasteiger partial charge in [0.2, 0.25) is 0 Å². The molecule has 0 spiro atoms. The molecule has 0 fully saturated rings. The number of hydrogen-bond acceptors (Lipinski definition) is 2. The van der Waals surface area contributed by atoms with Crippen molar-refractivity contribution in [3.05, 3.63) is 83.0 Å². The number of hydrogen-bond donors (Lipinski definition) is 1. The van der Waals surface area contributed by atoms with Crippen LogP contribution < -0.4 is 5.32 Å². The third-order valence-electron chi connectivity index (χ3n) is 3.25. The molecule has 0 unspecified atom stereocenters. The van der Waals surface area contributed by atoms with Crippen molar-refractivity contribution in [2.75, 3.05) is 0 Å². The van der Waals surface area contributed by atoms with E-state index in [9.17, 15) is 9.18 Å². The second-order valence-corrected chi connectivity index (χ2v) is 5.92. The molecular formula is C18H14FNOS. The van der Waals surface area contributed by atoms with E-state index >= 15 is 0 Å². The van der Waals surface area contributed by atoms with Crippen molar-refractivity contribution in [1.29, 1.82) is 0 Å². The summed E-state index contributed by atoms with van der Waals surface area (Å²) in [5.41, 5.74) is 1.97. The lowest BCUT2D eigenvalue weighted by Crippen LogP contribution is -2.21. The number of nitrogens with one attached hydrogen (secondary N) is 1. The van der Waals surface area contributed by atoms with Gasteiger partial charge >= 0.3 is 0 Å². The molecule has 0 aliphatic carbocycles. The van der Waals surface area contributed by atoms with Gasteiger partial charge in [0.15, 0.2) is 0 Å². The molecule has 1 aromatic heterocycles. The van der Waals surface area contributed by atoms with Crippen LogP contribution >= 0.6 is 11.3 Å². The Balaban J connectivity index is 1.68. The third-order valence-corrected chi connectivity index (χ3v) is 4.39. The minimum absolute atomic E-state index is 0.0952. The Morgan fingerprint density at radius 1 is 0.955 bits per heavy atom. The highest BCUT2D eigenvalue weighted by atomic mass is 32.1. The first-order valence-corrected chi connectivity index (χ1v) is 7.72. The SMILES string of the molecule is O=C(NCc1ccccc1)c1ccc(-c2ccc(F)cc2)s1. The first kappa shape index (κ1) is 14.5. The molecule has 1 heterocycles. The molecule has 2 nitrogen and oxygen atoms in total. The Morgan fingerprint density at radius 2 is 1.68 bits per heavy atom. The van der Waals surface area contributed by atoms with Crippen LogP contribution in [0.2, 0.25) is 0 Å². The zero-order chi connectivity index (χ0) is 15.4. The highest BCUT2D eigenvalue weighted by Gasteiger charge is 2.10. The zero-order valence-corrected chi connectivity index (χ0v) is 12.6. The van der Waals surface area contributed by atoms with E-state index < -0.39 is 0 Å². The third kappa shape index (κ3) is 3.40. The number of halogens is 1. The van der Waals surface area contributed by atoms with Crippen molar-refractivity contribution < 1.29 is 9.18 Å². The van der Waals surface area contributed by atoms with Gasteiger partial charge in [-0.1, -0.05) is 42.5 Å². The topological polar surface area (TPSA) is 29.1 Å². The Labute approximate surface area is 132 Å². The lowest BCUT2D eigenvalue weighted by Gasteiger charge is -2.03. The minimum atomic E-state index is -0.263. The summed E-state index contributed by atoms with van der Waals surface area (Å²) in [6.45, 7) is 0.503. The Bertz CT molecular complexity index is 765. The average Bonchev–Trinajstić information content (AvgIpc) is 3.04. The summed E-state index contributed by atoms with van der Waals surface area (Å²) in [5.74, 6) is -0.358. The van der Waals surface area contributed by atoms with Crippen LogP contribution in [0, 0.1) is 5.82 Å². The summed E-state index contributed by atoms with van der Waals surface area (Å²) in [5, 5.41) is 2.90. The highest BCUT2D eigenvalue weighted by Crippen LogP contribution is 2.28. The number of carbonyl (C=O) groups is 1. The van der Waals surface area contributed by atoms with E-state index in [0.717, 1.165) is 16.0 Å². The molecule has 4 heteroatoms. The molecule has 0 saturated carbocycles. The highest BCUT2D eigenvalue weighted by molar-refractivity contribution is 7.17. The molecular weight excluding hydrogens is 297 g/mol. The summed E-state index contributed by atoms with van der Waals surface area (Å²) < 4.78 is 12.9. The van der Waals surface area contributed by atoms with Gasteiger partial charge < -0.3 is 5.32 Å². The molecule has 0 saturated heterocycles. The van der Waals surface area contributed by atoms with E-state index in [2.05, 4.69) is 5.32 Å². The smallest absolute Gasteiger partial charge is 0.261 e. The van der Waals surface area contributed by atoms with E-state index in [4.69, 9.17) is 0 Å². The maximum atomic E-state index is 12.9. The molecule has 3 aromatic rings. The van der Waals surface area contributed by atoms with Crippen molar-refractivity contribution in [2.24, 2.45) is 0 Å². The van der Waals surface area contributed by atoms with E-state index in [1.165, 1.54) is 23.5 Å². The van der Waals surface area contributed by atoms with Crippen molar-refractivity contribution >= 4 is 17.2 Å². The molecule has 1 amide bonds. The van der Waals surface area contributed by atoms with Crippen LogP contribution in [0.1, 0.15) is 15.2 Å². The average molecular weight is 311 g/mol. The number of rotatable bonds is 4. The van der Waals surface area contributed by atoms with Gasteiger partial charge in [-0.15, -0.1) is 11.3 Å². The van der Waals surface area contributed by atoms with Crippen LogP contribution in [0.25, 0.3) is 10.4 Å². The fourth-order valence-electron chi connectivity index (χ4n) is 2.09. The first-order valence-electron chi connectivity index (χ1n) is 6.90. The summed E-state index contributed by atoms with van der Waals surface area (Å²) in [4.78, 5) is 13.8. The summed E-state index contributed by atoms with van der Waals surface area (Å²) >= 11 is 1.40. The van der Waals surface area contributed by atoms with Gasteiger partial charge in [-0.2, -0.15) is 0 Å². The quantitative estimate of drug-likeness (QED) is 0.756. The second-order valence-electron chi connectivity index (χ2n) is 4.84. The fraction of sp³-hybridized carbons (Fsp3) is 0.0556. The monoisotopic (exact) mass is 311 g/mol. The summed E-state index contributed by atoms with van der Waals surface area (Å²) in [6.07, 6.45) is 0. The van der Waals surface area contributed by atoms with Gasteiger partial charge in [0.05, 0.1) is 4.88 Å². The Morgan fingerprint density at radius 3 is 2.41 bits per heavy atom. The van der Waals surface area contributed by atoms with Crippen molar-refractivity contribution in [2.45, 2.75) is 6.54 Å². The van der Waals surface area contributed by atoms with Crippen LogP contribution in [0.15, 0.2) is 66.7 Å².